The smallest absolute Gasteiger partial charge is 0.316 e. The van der Waals surface area contributed by atoms with Gasteiger partial charge in [-0.15, -0.1) is 10.2 Å². The molecule has 10 nitrogen and oxygen atoms in total. The first-order valence-electron chi connectivity index (χ1n) is 8.48. The summed E-state index contributed by atoms with van der Waals surface area (Å²) < 4.78 is 5.24. The number of rotatable bonds is 7. The summed E-state index contributed by atoms with van der Waals surface area (Å²) in [6, 6.07) is 8.91. The molecule has 28 heavy (non-hydrogen) atoms. The molecule has 2 rings (SSSR count). The number of carbonyl (C=O) groups is 2. The number of carbonyl (C=O) groups excluding carboxylic acids is 2. The Morgan fingerprint density at radius 1 is 1.18 bits per heavy atom. The van der Waals surface area contributed by atoms with E-state index in [2.05, 4.69) is 20.5 Å². The molecule has 0 unspecified atom stereocenters. The number of pyridine rings is 1. The molecule has 2 aromatic rings. The van der Waals surface area contributed by atoms with Crippen molar-refractivity contribution < 1.29 is 19.4 Å². The number of nitrogen functional groups attached to an aromatic ring is 1. The van der Waals surface area contributed by atoms with Crippen molar-refractivity contribution in [2.75, 3.05) is 17.7 Å². The van der Waals surface area contributed by atoms with Crippen molar-refractivity contribution >= 4 is 34.9 Å². The molecule has 0 aliphatic carbocycles. The number of benzene rings is 1. The van der Waals surface area contributed by atoms with E-state index in [1.54, 1.807) is 38.1 Å². The van der Waals surface area contributed by atoms with Crippen LogP contribution in [0.5, 0.6) is 5.75 Å². The van der Waals surface area contributed by atoms with Gasteiger partial charge in [0.15, 0.2) is 11.6 Å². The second-order valence-electron chi connectivity index (χ2n) is 6.05. The number of amides is 1. The first kappa shape index (κ1) is 20.9. The Bertz CT molecular complexity index is 884. The van der Waals surface area contributed by atoms with Crippen LogP contribution in [0.4, 0.5) is 23.0 Å². The predicted molar refractivity (Wildman–Crippen MR) is 103 cm³/mol. The number of ether oxygens (including phenoxy) is 1. The quantitative estimate of drug-likeness (QED) is 0.320. The maximum absolute atomic E-state index is 11.9. The number of esters is 1. The zero-order valence-electron chi connectivity index (χ0n) is 15.5. The average molecular weight is 386 g/mol. The van der Waals surface area contributed by atoms with Crippen molar-refractivity contribution in [2.24, 2.45) is 21.9 Å². The monoisotopic (exact) mass is 386 g/mol. The lowest BCUT2D eigenvalue weighted by molar-refractivity contribution is -0.139. The highest BCUT2D eigenvalue weighted by Gasteiger charge is 2.16. The van der Waals surface area contributed by atoms with E-state index in [-0.39, 0.29) is 29.7 Å². The van der Waals surface area contributed by atoms with Crippen molar-refractivity contribution in [2.45, 2.75) is 19.9 Å². The minimum Gasteiger partial charge on any atom is -0.424 e. The number of aliphatic hydroxyl groups is 1. The molecule has 1 aromatic heterocycles. The van der Waals surface area contributed by atoms with E-state index in [9.17, 15) is 9.59 Å². The van der Waals surface area contributed by atoms with Gasteiger partial charge in [0.25, 0.3) is 0 Å². The van der Waals surface area contributed by atoms with E-state index in [0.717, 1.165) is 0 Å². The van der Waals surface area contributed by atoms with Crippen LogP contribution in [-0.2, 0) is 9.59 Å². The summed E-state index contributed by atoms with van der Waals surface area (Å²) in [6.07, 6.45) is 0. The zero-order valence-corrected chi connectivity index (χ0v) is 15.5. The van der Waals surface area contributed by atoms with Gasteiger partial charge in [0, 0.05) is 0 Å². The topological polar surface area (TPSA) is 165 Å². The summed E-state index contributed by atoms with van der Waals surface area (Å²) in [5.74, 6) is -1.15. The average Bonchev–Trinajstić information content (AvgIpc) is 2.67. The van der Waals surface area contributed by atoms with Gasteiger partial charge < -0.3 is 26.6 Å². The Morgan fingerprint density at radius 3 is 2.50 bits per heavy atom. The molecule has 0 saturated carbocycles. The van der Waals surface area contributed by atoms with Crippen molar-refractivity contribution in [3.8, 4) is 5.75 Å². The van der Waals surface area contributed by atoms with Crippen LogP contribution >= 0.6 is 0 Å². The number of para-hydroxylation sites is 1. The molecular formula is C18H22N6O4. The Balaban J connectivity index is 2.18. The normalized spacial score (nSPS) is 13.1. The highest BCUT2D eigenvalue weighted by atomic mass is 16.5. The number of azo groups is 1. The van der Waals surface area contributed by atoms with Gasteiger partial charge in [-0.05, 0) is 38.1 Å². The van der Waals surface area contributed by atoms with Crippen LogP contribution in [-0.4, -0.2) is 34.6 Å². The molecule has 2 atom stereocenters. The molecule has 0 aliphatic heterocycles. The summed E-state index contributed by atoms with van der Waals surface area (Å²) in [4.78, 5) is 27.5. The lowest BCUT2D eigenvalue weighted by Gasteiger charge is -2.10. The number of nitrogens with two attached hydrogens (primary N) is 2. The molecule has 0 aliphatic rings. The molecule has 10 heteroatoms. The summed E-state index contributed by atoms with van der Waals surface area (Å²) in [5.41, 5.74) is 11.9. The van der Waals surface area contributed by atoms with Crippen molar-refractivity contribution in [1.82, 2.24) is 4.98 Å². The van der Waals surface area contributed by atoms with Gasteiger partial charge in [-0.3, -0.25) is 9.59 Å². The zero-order chi connectivity index (χ0) is 20.7. The van der Waals surface area contributed by atoms with Crippen molar-refractivity contribution in [3.05, 3.63) is 36.4 Å². The fraction of sp³-hybridized carbons (Fsp3) is 0.278. The maximum Gasteiger partial charge on any atom is 0.316 e. The summed E-state index contributed by atoms with van der Waals surface area (Å²) in [6.45, 7) is 2.77. The molecule has 0 radical (unpaired) electrons. The van der Waals surface area contributed by atoms with Gasteiger partial charge in [0.05, 0.1) is 18.6 Å². The largest absolute Gasteiger partial charge is 0.424 e. The van der Waals surface area contributed by atoms with Crippen LogP contribution in [0.3, 0.4) is 0 Å². The standard InChI is InChI=1S/C18H22N6O4/c1-10(9-25)18(27)28-14-6-4-3-5-12(14)23-24-13-7-8-15(21-16(13)20)22-17(26)11(2)19/h3-8,10-11,25H,9,19H2,1-2H3,(H3,20,21,22,26)/b24-23+/t10-,11-/m0/s1. The third-order valence-electron chi connectivity index (χ3n) is 3.58. The van der Waals surface area contributed by atoms with Crippen molar-refractivity contribution in [1.29, 1.82) is 0 Å². The van der Waals surface area contributed by atoms with Crippen LogP contribution in [0.1, 0.15) is 13.8 Å². The highest BCUT2D eigenvalue weighted by Crippen LogP contribution is 2.31. The van der Waals surface area contributed by atoms with E-state index in [4.69, 9.17) is 21.3 Å². The minimum absolute atomic E-state index is 0.0506. The van der Waals surface area contributed by atoms with Crippen LogP contribution in [0.15, 0.2) is 46.6 Å². The van der Waals surface area contributed by atoms with Crippen LogP contribution in [0, 0.1) is 5.92 Å². The second-order valence-corrected chi connectivity index (χ2v) is 6.05. The molecule has 6 N–H and O–H groups in total. The first-order chi connectivity index (χ1) is 13.3. The number of anilines is 2. The van der Waals surface area contributed by atoms with Crippen molar-refractivity contribution in [3.63, 3.8) is 0 Å². The number of nitrogens with zero attached hydrogens (tertiary/aromatic N) is 3. The lowest BCUT2D eigenvalue weighted by atomic mass is 10.2. The molecule has 148 valence electrons. The number of nitrogens with one attached hydrogen (secondary N) is 1. The van der Waals surface area contributed by atoms with Crippen LogP contribution < -0.4 is 21.5 Å². The van der Waals surface area contributed by atoms with E-state index in [1.807, 2.05) is 0 Å². The van der Waals surface area contributed by atoms with Crippen LogP contribution in [0.25, 0.3) is 0 Å². The number of aromatic nitrogens is 1. The molecule has 0 spiro atoms. The Labute approximate surface area is 161 Å². The van der Waals surface area contributed by atoms with Gasteiger partial charge >= 0.3 is 5.97 Å². The third-order valence-corrected chi connectivity index (χ3v) is 3.58. The molecule has 0 fully saturated rings. The van der Waals surface area contributed by atoms with Gasteiger partial charge in [-0.2, -0.15) is 0 Å². The lowest BCUT2D eigenvalue weighted by Crippen LogP contribution is -2.32. The van der Waals surface area contributed by atoms with Gasteiger partial charge in [0.2, 0.25) is 5.91 Å². The molecule has 0 saturated heterocycles. The van der Waals surface area contributed by atoms with Gasteiger partial charge in [-0.1, -0.05) is 12.1 Å². The minimum atomic E-state index is -0.685. The van der Waals surface area contributed by atoms with E-state index >= 15 is 0 Å². The van der Waals surface area contributed by atoms with Crippen LogP contribution in [0.2, 0.25) is 0 Å². The molecule has 1 amide bonds. The molecular weight excluding hydrogens is 364 g/mol. The summed E-state index contributed by atoms with van der Waals surface area (Å²) >= 11 is 0. The first-order valence-corrected chi connectivity index (χ1v) is 8.48. The SMILES string of the molecule is C[C@H](N)C(=O)Nc1ccc(/N=N/c2ccccc2OC(=O)[C@@H](C)CO)c(N)n1. The predicted octanol–water partition coefficient (Wildman–Crippen LogP) is 1.90. The summed E-state index contributed by atoms with van der Waals surface area (Å²) in [7, 11) is 0. The van der Waals surface area contributed by atoms with E-state index < -0.39 is 23.8 Å². The van der Waals surface area contributed by atoms with E-state index in [0.29, 0.717) is 5.69 Å². The maximum atomic E-state index is 11.9. The van der Waals surface area contributed by atoms with Gasteiger partial charge in [-0.25, -0.2) is 4.98 Å². The number of aliphatic hydroxyl groups excluding tert-OH is 1. The molecule has 1 aromatic carbocycles. The second kappa shape index (κ2) is 9.53. The fourth-order valence-electron chi connectivity index (χ4n) is 1.88. The Hall–Kier alpha value is -3.37. The summed E-state index contributed by atoms with van der Waals surface area (Å²) in [5, 5.41) is 19.6. The van der Waals surface area contributed by atoms with Gasteiger partial charge in [0.1, 0.15) is 17.2 Å². The Kier molecular flexibility index (Phi) is 7.13. The third kappa shape index (κ3) is 5.56. The molecule has 1 heterocycles. The highest BCUT2D eigenvalue weighted by molar-refractivity contribution is 5.93. The van der Waals surface area contributed by atoms with E-state index in [1.165, 1.54) is 12.1 Å². The molecule has 0 bridgehead atoms. The fourth-order valence-corrected chi connectivity index (χ4v) is 1.88. The number of hydrogen-bond donors (Lipinski definition) is 4. The Morgan fingerprint density at radius 2 is 1.86 bits per heavy atom. The number of hydrogen-bond acceptors (Lipinski definition) is 9.